The van der Waals surface area contributed by atoms with Crippen LogP contribution in [0.25, 0.3) is 16.7 Å². The maximum atomic E-state index is 13.5. The van der Waals surface area contributed by atoms with Crippen LogP contribution in [-0.2, 0) is 11.3 Å². The van der Waals surface area contributed by atoms with E-state index in [4.69, 9.17) is 27.9 Å². The van der Waals surface area contributed by atoms with E-state index < -0.39 is 17.7 Å². The van der Waals surface area contributed by atoms with Crippen molar-refractivity contribution in [3.63, 3.8) is 0 Å². The van der Waals surface area contributed by atoms with Crippen LogP contribution in [0.2, 0.25) is 10.2 Å². The first-order chi connectivity index (χ1) is 20.6. The molecule has 11 nitrogen and oxygen atoms in total. The van der Waals surface area contributed by atoms with Crippen molar-refractivity contribution in [2.45, 2.75) is 31.0 Å². The van der Waals surface area contributed by atoms with Gasteiger partial charge < -0.3 is 19.8 Å². The number of fused-ring (bicyclic) bond motifs is 1. The van der Waals surface area contributed by atoms with Crippen LogP contribution in [0.4, 0.5) is 4.79 Å². The molecule has 2 saturated heterocycles. The summed E-state index contributed by atoms with van der Waals surface area (Å²) in [5.41, 5.74) is 0.799. The van der Waals surface area contributed by atoms with E-state index in [2.05, 4.69) is 4.98 Å². The van der Waals surface area contributed by atoms with Crippen LogP contribution in [0, 0.1) is 0 Å². The number of nitrogens with zero attached hydrogens (tertiary/aromatic N) is 5. The number of morpholine rings is 1. The van der Waals surface area contributed by atoms with Crippen molar-refractivity contribution >= 4 is 46.2 Å². The molecule has 0 aliphatic carbocycles. The molecule has 4 aromatic rings. The number of carbonyl (C=O) groups excluding carboxylic acids is 1. The fourth-order valence-electron chi connectivity index (χ4n) is 5.77. The first kappa shape index (κ1) is 29.2. The van der Waals surface area contributed by atoms with Crippen molar-refractivity contribution in [1.29, 1.82) is 0 Å². The van der Waals surface area contributed by atoms with Gasteiger partial charge in [-0.1, -0.05) is 35.3 Å². The number of benzene rings is 2. The van der Waals surface area contributed by atoms with E-state index in [1.807, 2.05) is 12.1 Å². The third-order valence-electron chi connectivity index (χ3n) is 8.19. The minimum Gasteiger partial charge on any atom is -0.465 e. The lowest BCUT2D eigenvalue weighted by Crippen LogP contribution is -2.49. The lowest BCUT2D eigenvalue weighted by Gasteiger charge is -2.38. The summed E-state index contributed by atoms with van der Waals surface area (Å²) in [6, 6.07) is 15.0. The minimum absolute atomic E-state index is 0.0266. The van der Waals surface area contributed by atoms with Crippen LogP contribution in [0.1, 0.15) is 34.8 Å². The molecule has 43 heavy (non-hydrogen) atoms. The van der Waals surface area contributed by atoms with Crippen LogP contribution in [0.5, 0.6) is 0 Å². The normalized spacial score (nSPS) is 18.6. The maximum absolute atomic E-state index is 13.5. The van der Waals surface area contributed by atoms with E-state index in [1.54, 1.807) is 51.9 Å². The molecule has 0 bridgehead atoms. The number of ether oxygens (including phenoxy) is 1. The molecule has 13 heteroatoms. The molecule has 0 radical (unpaired) electrons. The molecule has 2 aliphatic rings. The number of likely N-dealkylation sites (tertiary alicyclic amines) is 1. The molecule has 0 unspecified atom stereocenters. The standard InChI is InChI=1S/C30H29Cl2N5O6/c31-21-5-1-20(2-6-21)27(38)34-11-9-30(42,10-12-34)17-35-18-33-26-23(28(35)39)15-25(32)37(26)22-7-3-19(4-8-22)24-16-43-14-13-36(24)29(40)41/h1-8,15,18,24,42H,9-14,16-17H2,(H,40,41)/t24-/m0/s1. The van der Waals surface area contributed by atoms with Gasteiger partial charge in [-0.05, 0) is 60.9 Å². The van der Waals surface area contributed by atoms with Crippen LogP contribution in [-0.4, -0.2) is 84.6 Å². The van der Waals surface area contributed by atoms with E-state index in [-0.39, 0.29) is 29.8 Å². The van der Waals surface area contributed by atoms with Gasteiger partial charge >= 0.3 is 6.09 Å². The van der Waals surface area contributed by atoms with Gasteiger partial charge in [0, 0.05) is 35.9 Å². The van der Waals surface area contributed by atoms with Crippen LogP contribution in [0.15, 0.2) is 65.7 Å². The molecule has 0 saturated carbocycles. The molecule has 2 amide bonds. The lowest BCUT2D eigenvalue weighted by atomic mass is 9.91. The van der Waals surface area contributed by atoms with E-state index in [1.165, 1.54) is 15.8 Å². The highest BCUT2D eigenvalue weighted by Crippen LogP contribution is 2.30. The molecule has 2 N–H and O–H groups in total. The van der Waals surface area contributed by atoms with Gasteiger partial charge in [-0.2, -0.15) is 0 Å². The first-order valence-electron chi connectivity index (χ1n) is 13.8. The first-order valence-corrected chi connectivity index (χ1v) is 14.6. The number of hydrogen-bond acceptors (Lipinski definition) is 6. The van der Waals surface area contributed by atoms with Crippen LogP contribution in [0.3, 0.4) is 0 Å². The highest BCUT2D eigenvalue weighted by atomic mass is 35.5. The van der Waals surface area contributed by atoms with Gasteiger partial charge in [0.1, 0.15) is 11.5 Å². The SMILES string of the molecule is O=C(c1ccc(Cl)cc1)N1CCC(O)(Cn2cnc3c(cc(Cl)n3-c3ccc([C@@H]4COCCN4C(=O)O)cc3)c2=O)CC1. The molecule has 1 atom stereocenters. The van der Waals surface area contributed by atoms with Gasteiger partial charge in [0.25, 0.3) is 11.5 Å². The van der Waals surface area contributed by atoms with Crippen LogP contribution >= 0.6 is 23.2 Å². The predicted octanol–water partition coefficient (Wildman–Crippen LogP) is 4.21. The Bertz CT molecular complexity index is 1730. The quantitative estimate of drug-likeness (QED) is 0.340. The Morgan fingerprint density at radius 2 is 1.72 bits per heavy atom. The Morgan fingerprint density at radius 3 is 2.40 bits per heavy atom. The maximum Gasteiger partial charge on any atom is 0.407 e. The van der Waals surface area contributed by atoms with Crippen LogP contribution < -0.4 is 5.56 Å². The van der Waals surface area contributed by atoms with Gasteiger partial charge in [0.05, 0.1) is 36.8 Å². The second kappa shape index (κ2) is 11.6. The summed E-state index contributed by atoms with van der Waals surface area (Å²) in [5.74, 6) is -0.130. The topological polar surface area (TPSA) is 130 Å². The van der Waals surface area contributed by atoms with Crippen molar-refractivity contribution in [3.8, 4) is 5.69 Å². The largest absolute Gasteiger partial charge is 0.465 e. The van der Waals surface area contributed by atoms with Gasteiger partial charge in [0.15, 0.2) is 5.65 Å². The number of aliphatic hydroxyl groups is 1. The van der Waals surface area contributed by atoms with Crippen molar-refractivity contribution in [2.75, 3.05) is 32.8 Å². The number of hydrogen-bond donors (Lipinski definition) is 2. The number of aromatic nitrogens is 3. The Hall–Kier alpha value is -3.90. The Morgan fingerprint density at radius 1 is 1.02 bits per heavy atom. The summed E-state index contributed by atoms with van der Waals surface area (Å²) in [4.78, 5) is 45.6. The highest BCUT2D eigenvalue weighted by molar-refractivity contribution is 6.31. The van der Waals surface area contributed by atoms with Gasteiger partial charge in [-0.15, -0.1) is 0 Å². The summed E-state index contributed by atoms with van der Waals surface area (Å²) < 4.78 is 8.53. The third kappa shape index (κ3) is 5.73. The van der Waals surface area contributed by atoms with Gasteiger partial charge in [-0.25, -0.2) is 9.78 Å². The third-order valence-corrected chi connectivity index (χ3v) is 8.72. The molecule has 4 heterocycles. The van der Waals surface area contributed by atoms with Crippen molar-refractivity contribution in [2.24, 2.45) is 0 Å². The van der Waals surface area contributed by atoms with Crippen molar-refractivity contribution in [3.05, 3.63) is 92.6 Å². The molecule has 6 rings (SSSR count). The molecule has 0 spiro atoms. The van der Waals surface area contributed by atoms with Crippen molar-refractivity contribution < 1.29 is 24.5 Å². The van der Waals surface area contributed by atoms with E-state index in [0.717, 1.165) is 5.56 Å². The lowest BCUT2D eigenvalue weighted by molar-refractivity contribution is -0.0299. The van der Waals surface area contributed by atoms with Gasteiger partial charge in [0.2, 0.25) is 0 Å². The predicted molar refractivity (Wildman–Crippen MR) is 160 cm³/mol. The fraction of sp³-hybridized carbons (Fsp3) is 0.333. The average Bonchev–Trinajstić information content (AvgIpc) is 3.35. The molecule has 2 aromatic carbocycles. The Labute approximate surface area is 256 Å². The summed E-state index contributed by atoms with van der Waals surface area (Å²) >= 11 is 12.5. The number of rotatable bonds is 5. The second-order valence-corrected chi connectivity index (χ2v) is 11.7. The molecule has 2 fully saturated rings. The molecule has 224 valence electrons. The summed E-state index contributed by atoms with van der Waals surface area (Å²) in [7, 11) is 0. The van der Waals surface area contributed by atoms with Crippen molar-refractivity contribution in [1.82, 2.24) is 23.9 Å². The number of piperidine rings is 1. The number of carboxylic acid groups (broad SMARTS) is 1. The van der Waals surface area contributed by atoms with Gasteiger partial charge in [-0.3, -0.25) is 23.6 Å². The Balaban J connectivity index is 1.19. The fourth-order valence-corrected chi connectivity index (χ4v) is 6.19. The highest BCUT2D eigenvalue weighted by Gasteiger charge is 2.35. The van der Waals surface area contributed by atoms with E-state index >= 15 is 0 Å². The minimum atomic E-state index is -1.19. The summed E-state index contributed by atoms with van der Waals surface area (Å²) in [5, 5.41) is 22.0. The second-order valence-electron chi connectivity index (χ2n) is 10.9. The zero-order valence-corrected chi connectivity index (χ0v) is 24.5. The zero-order valence-electron chi connectivity index (χ0n) is 23.0. The average molecular weight is 626 g/mol. The molecular formula is C30H29Cl2N5O6. The number of carbonyl (C=O) groups is 2. The molecular weight excluding hydrogens is 597 g/mol. The summed E-state index contributed by atoms with van der Waals surface area (Å²) in [6.07, 6.45) is 1.00. The smallest absolute Gasteiger partial charge is 0.407 e. The zero-order chi connectivity index (χ0) is 30.3. The van der Waals surface area contributed by atoms with E-state index in [0.29, 0.717) is 66.4 Å². The number of amides is 2. The number of halogens is 2. The molecule has 2 aromatic heterocycles. The monoisotopic (exact) mass is 625 g/mol. The molecule has 2 aliphatic heterocycles. The van der Waals surface area contributed by atoms with E-state index in [9.17, 15) is 24.6 Å². The Kier molecular flexibility index (Phi) is 7.91. The summed E-state index contributed by atoms with van der Waals surface area (Å²) in [6.45, 7) is 1.63.